The molecule has 114 valence electrons. The molecule has 0 aliphatic rings. The van der Waals surface area contributed by atoms with E-state index in [0.717, 1.165) is 37.4 Å². The predicted octanol–water partition coefficient (Wildman–Crippen LogP) is 3.88. The summed E-state index contributed by atoms with van der Waals surface area (Å²) in [6, 6.07) is 7.85. The first kappa shape index (κ1) is 16.8. The van der Waals surface area contributed by atoms with Gasteiger partial charge in [0.05, 0.1) is 12.7 Å². The van der Waals surface area contributed by atoms with Gasteiger partial charge in [0.15, 0.2) is 0 Å². The molecule has 0 aliphatic heterocycles. The van der Waals surface area contributed by atoms with Gasteiger partial charge in [-0.1, -0.05) is 13.8 Å². The lowest BCUT2D eigenvalue weighted by molar-refractivity contribution is 0.207. The van der Waals surface area contributed by atoms with Crippen molar-refractivity contribution in [2.24, 2.45) is 5.92 Å². The largest absolute Gasteiger partial charge is 0.494 e. The van der Waals surface area contributed by atoms with Crippen molar-refractivity contribution in [3.63, 3.8) is 0 Å². The number of ether oxygens (including phenoxy) is 2. The van der Waals surface area contributed by atoms with Crippen LogP contribution in [0.1, 0.15) is 40.5 Å². The van der Waals surface area contributed by atoms with Gasteiger partial charge in [-0.05, 0) is 70.0 Å². The monoisotopic (exact) mass is 279 g/mol. The Hall–Kier alpha value is -1.22. The standard InChI is InChI=1S/C17H29NO2/c1-5-19-16-8-10-17(11-9-16)20-15(4)7-6-12-18-13-14(2)3/h8-11,14-15,18H,5-7,12-13H2,1-4H3. The zero-order valence-electron chi connectivity index (χ0n) is 13.3. The third kappa shape index (κ3) is 7.39. The van der Waals surface area contributed by atoms with E-state index in [1.165, 1.54) is 0 Å². The lowest BCUT2D eigenvalue weighted by atomic mass is 10.2. The van der Waals surface area contributed by atoms with E-state index in [-0.39, 0.29) is 6.10 Å². The van der Waals surface area contributed by atoms with Gasteiger partial charge in [-0.3, -0.25) is 0 Å². The van der Waals surface area contributed by atoms with Crippen molar-refractivity contribution >= 4 is 0 Å². The van der Waals surface area contributed by atoms with Crippen LogP contribution >= 0.6 is 0 Å². The molecule has 1 atom stereocenters. The van der Waals surface area contributed by atoms with Crippen molar-refractivity contribution in [3.05, 3.63) is 24.3 Å². The van der Waals surface area contributed by atoms with E-state index in [4.69, 9.17) is 9.47 Å². The second-order valence-corrected chi connectivity index (χ2v) is 5.57. The second-order valence-electron chi connectivity index (χ2n) is 5.57. The van der Waals surface area contributed by atoms with Crippen molar-refractivity contribution in [2.45, 2.75) is 46.6 Å². The van der Waals surface area contributed by atoms with Gasteiger partial charge in [-0.2, -0.15) is 0 Å². The summed E-state index contributed by atoms with van der Waals surface area (Å²) >= 11 is 0. The quantitative estimate of drug-likeness (QED) is 0.659. The highest BCUT2D eigenvalue weighted by atomic mass is 16.5. The summed E-state index contributed by atoms with van der Waals surface area (Å²) in [7, 11) is 0. The Bertz CT molecular complexity index is 349. The fourth-order valence-electron chi connectivity index (χ4n) is 1.98. The zero-order chi connectivity index (χ0) is 14.8. The maximum atomic E-state index is 5.89. The highest BCUT2D eigenvalue weighted by Crippen LogP contribution is 2.19. The summed E-state index contributed by atoms with van der Waals surface area (Å²) in [5.74, 6) is 2.52. The molecule has 3 heteroatoms. The molecule has 1 aromatic rings. The normalized spacial score (nSPS) is 12.4. The van der Waals surface area contributed by atoms with E-state index in [9.17, 15) is 0 Å². The molecule has 1 rings (SSSR count). The molecule has 0 bridgehead atoms. The van der Waals surface area contributed by atoms with E-state index in [0.29, 0.717) is 12.5 Å². The molecule has 0 spiro atoms. The Morgan fingerprint density at radius 3 is 2.30 bits per heavy atom. The maximum Gasteiger partial charge on any atom is 0.119 e. The van der Waals surface area contributed by atoms with E-state index >= 15 is 0 Å². The number of nitrogens with one attached hydrogen (secondary N) is 1. The van der Waals surface area contributed by atoms with Crippen molar-refractivity contribution in [3.8, 4) is 11.5 Å². The molecular weight excluding hydrogens is 250 g/mol. The van der Waals surface area contributed by atoms with Gasteiger partial charge in [0.25, 0.3) is 0 Å². The number of benzene rings is 1. The molecule has 1 unspecified atom stereocenters. The van der Waals surface area contributed by atoms with Crippen LogP contribution in [-0.4, -0.2) is 25.8 Å². The first-order valence-corrected chi connectivity index (χ1v) is 7.72. The Morgan fingerprint density at radius 1 is 1.05 bits per heavy atom. The summed E-state index contributed by atoms with van der Waals surface area (Å²) < 4.78 is 11.3. The van der Waals surface area contributed by atoms with E-state index in [2.05, 4.69) is 26.1 Å². The van der Waals surface area contributed by atoms with E-state index in [1.807, 2.05) is 31.2 Å². The van der Waals surface area contributed by atoms with Gasteiger partial charge in [-0.15, -0.1) is 0 Å². The van der Waals surface area contributed by atoms with Crippen molar-refractivity contribution in [2.75, 3.05) is 19.7 Å². The van der Waals surface area contributed by atoms with Gasteiger partial charge >= 0.3 is 0 Å². The van der Waals surface area contributed by atoms with Crippen LogP contribution < -0.4 is 14.8 Å². The van der Waals surface area contributed by atoms with Gasteiger partial charge in [0.2, 0.25) is 0 Å². The molecule has 0 saturated heterocycles. The molecule has 1 N–H and O–H groups in total. The lowest BCUT2D eigenvalue weighted by Gasteiger charge is -2.15. The van der Waals surface area contributed by atoms with Gasteiger partial charge < -0.3 is 14.8 Å². The van der Waals surface area contributed by atoms with E-state index in [1.54, 1.807) is 0 Å². The summed E-state index contributed by atoms with van der Waals surface area (Å²) in [5.41, 5.74) is 0. The Labute approximate surface area is 123 Å². The lowest BCUT2D eigenvalue weighted by Crippen LogP contribution is -2.22. The number of hydrogen-bond donors (Lipinski definition) is 1. The molecule has 0 saturated carbocycles. The Balaban J connectivity index is 2.19. The van der Waals surface area contributed by atoms with Crippen molar-refractivity contribution in [1.82, 2.24) is 5.32 Å². The van der Waals surface area contributed by atoms with Crippen LogP contribution in [0, 0.1) is 5.92 Å². The molecule has 0 fully saturated rings. The Kier molecular flexibility index (Phi) is 8.12. The Morgan fingerprint density at radius 2 is 1.70 bits per heavy atom. The molecule has 1 aromatic carbocycles. The SMILES string of the molecule is CCOc1ccc(OC(C)CCCNCC(C)C)cc1. The number of rotatable bonds is 10. The minimum atomic E-state index is 0.244. The van der Waals surface area contributed by atoms with Crippen LogP contribution in [-0.2, 0) is 0 Å². The molecule has 0 radical (unpaired) electrons. The van der Waals surface area contributed by atoms with Crippen LogP contribution in [0.25, 0.3) is 0 Å². The molecule has 0 heterocycles. The van der Waals surface area contributed by atoms with Gasteiger partial charge in [0.1, 0.15) is 11.5 Å². The number of hydrogen-bond acceptors (Lipinski definition) is 3. The third-order valence-corrected chi connectivity index (χ3v) is 2.99. The summed E-state index contributed by atoms with van der Waals surface area (Å²) in [5, 5.41) is 3.45. The summed E-state index contributed by atoms with van der Waals surface area (Å²) in [4.78, 5) is 0. The van der Waals surface area contributed by atoms with Crippen molar-refractivity contribution < 1.29 is 9.47 Å². The fourth-order valence-corrected chi connectivity index (χ4v) is 1.98. The third-order valence-electron chi connectivity index (χ3n) is 2.99. The van der Waals surface area contributed by atoms with Crippen LogP contribution in [0.2, 0.25) is 0 Å². The van der Waals surface area contributed by atoms with Crippen LogP contribution in [0.3, 0.4) is 0 Å². The summed E-state index contributed by atoms with van der Waals surface area (Å²) in [6.07, 6.45) is 2.46. The first-order chi connectivity index (χ1) is 9.61. The maximum absolute atomic E-state index is 5.89. The van der Waals surface area contributed by atoms with E-state index < -0.39 is 0 Å². The summed E-state index contributed by atoms with van der Waals surface area (Å²) in [6.45, 7) is 11.4. The first-order valence-electron chi connectivity index (χ1n) is 7.72. The minimum absolute atomic E-state index is 0.244. The minimum Gasteiger partial charge on any atom is -0.494 e. The molecule has 3 nitrogen and oxygen atoms in total. The van der Waals surface area contributed by atoms with Crippen LogP contribution in [0.4, 0.5) is 0 Å². The second kappa shape index (κ2) is 9.65. The van der Waals surface area contributed by atoms with Crippen LogP contribution in [0.15, 0.2) is 24.3 Å². The average molecular weight is 279 g/mol. The van der Waals surface area contributed by atoms with Gasteiger partial charge in [-0.25, -0.2) is 0 Å². The molecule has 0 amide bonds. The van der Waals surface area contributed by atoms with Gasteiger partial charge in [0, 0.05) is 0 Å². The van der Waals surface area contributed by atoms with Crippen molar-refractivity contribution in [1.29, 1.82) is 0 Å². The molecular formula is C17H29NO2. The average Bonchev–Trinajstić information content (AvgIpc) is 2.40. The predicted molar refractivity (Wildman–Crippen MR) is 84.6 cm³/mol. The smallest absolute Gasteiger partial charge is 0.119 e. The van der Waals surface area contributed by atoms with Crippen LogP contribution in [0.5, 0.6) is 11.5 Å². The highest BCUT2D eigenvalue weighted by Gasteiger charge is 2.04. The molecule has 0 aromatic heterocycles. The topological polar surface area (TPSA) is 30.5 Å². The highest BCUT2D eigenvalue weighted by molar-refractivity contribution is 5.31. The zero-order valence-corrected chi connectivity index (χ0v) is 13.3. The molecule has 20 heavy (non-hydrogen) atoms. The molecule has 0 aliphatic carbocycles. The fraction of sp³-hybridized carbons (Fsp3) is 0.647.